The molecule has 0 bridgehead atoms. The normalized spacial score (nSPS) is 16.5. The molecule has 1 saturated heterocycles. The largest absolute Gasteiger partial charge is 0.315 e. The van der Waals surface area contributed by atoms with E-state index in [0.29, 0.717) is 15.8 Å². The number of nitrogens with one attached hydrogen (secondary N) is 1. The van der Waals surface area contributed by atoms with Crippen molar-refractivity contribution in [1.82, 2.24) is 9.88 Å². The molecule has 30 heavy (non-hydrogen) atoms. The van der Waals surface area contributed by atoms with Crippen molar-refractivity contribution in [3.8, 4) is 5.69 Å². The van der Waals surface area contributed by atoms with E-state index in [9.17, 15) is 9.18 Å². The van der Waals surface area contributed by atoms with E-state index >= 15 is 0 Å². The molecular formula is C24H22FN3OS. The molecule has 1 N–H and O–H groups in total. The number of aromatic nitrogens is 1. The Morgan fingerprint density at radius 3 is 2.57 bits per heavy atom. The van der Waals surface area contributed by atoms with Crippen LogP contribution in [0.25, 0.3) is 11.8 Å². The summed E-state index contributed by atoms with van der Waals surface area (Å²) in [6.45, 7) is 5.96. The number of aryl methyl sites for hydroxylation is 2. The number of thioether (sulfide) groups is 1. The number of hydrogen-bond acceptors (Lipinski definition) is 3. The maximum absolute atomic E-state index is 14.3. The molecule has 1 fully saturated rings. The summed E-state index contributed by atoms with van der Waals surface area (Å²) >= 11 is 1.31. The minimum absolute atomic E-state index is 0.181. The zero-order valence-electron chi connectivity index (χ0n) is 17.1. The Labute approximate surface area is 179 Å². The van der Waals surface area contributed by atoms with Gasteiger partial charge in [-0.25, -0.2) is 9.38 Å². The highest BCUT2D eigenvalue weighted by molar-refractivity contribution is 8.18. The zero-order chi connectivity index (χ0) is 21.3. The van der Waals surface area contributed by atoms with Crippen LogP contribution in [0.2, 0.25) is 0 Å². The van der Waals surface area contributed by atoms with Crippen LogP contribution in [-0.2, 0) is 11.2 Å². The minimum atomic E-state index is -0.282. The number of carbonyl (C=O) groups excluding carboxylic acids is 1. The van der Waals surface area contributed by atoms with E-state index in [4.69, 9.17) is 0 Å². The second kappa shape index (κ2) is 8.32. The highest BCUT2D eigenvalue weighted by atomic mass is 32.2. The average Bonchev–Trinajstić information content (AvgIpc) is 3.21. The fourth-order valence-electron chi connectivity index (χ4n) is 3.48. The zero-order valence-corrected chi connectivity index (χ0v) is 17.9. The lowest BCUT2D eigenvalue weighted by molar-refractivity contribution is -0.115. The number of para-hydroxylation sites is 1. The van der Waals surface area contributed by atoms with Crippen LogP contribution in [0, 0.1) is 19.7 Å². The summed E-state index contributed by atoms with van der Waals surface area (Å²) in [4.78, 5) is 17.6. The molecule has 6 heteroatoms. The second-order valence-corrected chi connectivity index (χ2v) is 8.15. The Morgan fingerprint density at radius 2 is 1.87 bits per heavy atom. The lowest BCUT2D eigenvalue weighted by atomic mass is 10.2. The van der Waals surface area contributed by atoms with Gasteiger partial charge < -0.3 is 9.88 Å². The molecule has 152 valence electrons. The molecule has 1 aliphatic rings. The highest BCUT2D eigenvalue weighted by Gasteiger charge is 2.24. The summed E-state index contributed by atoms with van der Waals surface area (Å²) < 4.78 is 16.2. The van der Waals surface area contributed by atoms with Crippen LogP contribution in [0.1, 0.15) is 29.4 Å². The Kier molecular flexibility index (Phi) is 5.59. The van der Waals surface area contributed by atoms with Gasteiger partial charge in [-0.2, -0.15) is 0 Å². The lowest BCUT2D eigenvalue weighted by Crippen LogP contribution is -2.19. The number of nitrogens with zero attached hydrogens (tertiary/aromatic N) is 2. The standard InChI is InChI=1S/C24H22FN3OS/c1-4-17-9-11-19(12-10-17)26-24-27-23(29)22(30-24)14-18-13-15(2)28(16(18)3)21-8-6-5-7-20(21)25/h5-14H,4H2,1-3H3,(H,26,27,29)/b22-14-. The van der Waals surface area contributed by atoms with Gasteiger partial charge in [0.25, 0.3) is 5.91 Å². The summed E-state index contributed by atoms with van der Waals surface area (Å²) in [7, 11) is 0. The van der Waals surface area contributed by atoms with Crippen molar-refractivity contribution < 1.29 is 9.18 Å². The fourth-order valence-corrected chi connectivity index (χ4v) is 4.32. The Bertz CT molecular complexity index is 1180. The van der Waals surface area contributed by atoms with Gasteiger partial charge >= 0.3 is 0 Å². The Hall–Kier alpha value is -3.12. The van der Waals surface area contributed by atoms with E-state index in [2.05, 4.69) is 17.2 Å². The van der Waals surface area contributed by atoms with Crippen LogP contribution in [0.5, 0.6) is 0 Å². The van der Waals surface area contributed by atoms with Crippen molar-refractivity contribution in [1.29, 1.82) is 0 Å². The molecule has 0 unspecified atom stereocenters. The second-order valence-electron chi connectivity index (χ2n) is 7.12. The van der Waals surface area contributed by atoms with Gasteiger partial charge in [0.05, 0.1) is 16.3 Å². The van der Waals surface area contributed by atoms with Gasteiger partial charge in [0.1, 0.15) is 5.82 Å². The van der Waals surface area contributed by atoms with Crippen LogP contribution in [0.4, 0.5) is 10.1 Å². The summed E-state index contributed by atoms with van der Waals surface area (Å²) in [5.41, 5.74) is 5.19. The summed E-state index contributed by atoms with van der Waals surface area (Å²) in [5, 5.41) is 3.38. The van der Waals surface area contributed by atoms with Crippen molar-refractivity contribution in [2.24, 2.45) is 4.99 Å². The van der Waals surface area contributed by atoms with Crippen molar-refractivity contribution in [2.45, 2.75) is 27.2 Å². The van der Waals surface area contributed by atoms with Gasteiger partial charge in [-0.1, -0.05) is 31.2 Å². The molecule has 3 aromatic rings. The third-order valence-corrected chi connectivity index (χ3v) is 5.99. The first-order valence-corrected chi connectivity index (χ1v) is 10.6. The van der Waals surface area contributed by atoms with E-state index in [1.165, 1.54) is 23.4 Å². The van der Waals surface area contributed by atoms with Gasteiger partial charge in [0.15, 0.2) is 5.17 Å². The molecule has 4 nitrogen and oxygen atoms in total. The van der Waals surface area contributed by atoms with Gasteiger partial charge in [-0.3, -0.25) is 4.79 Å². The Morgan fingerprint density at radius 1 is 1.13 bits per heavy atom. The highest BCUT2D eigenvalue weighted by Crippen LogP contribution is 2.31. The van der Waals surface area contributed by atoms with Crippen LogP contribution < -0.4 is 5.32 Å². The summed E-state index contributed by atoms with van der Waals surface area (Å²) in [6, 6.07) is 16.6. The predicted octanol–water partition coefficient (Wildman–Crippen LogP) is 5.69. The number of aliphatic imine (C=N–C) groups is 1. The number of amides is 1. The fraction of sp³-hybridized carbons (Fsp3) is 0.167. The van der Waals surface area contributed by atoms with Gasteiger partial charge in [0.2, 0.25) is 0 Å². The van der Waals surface area contributed by atoms with Gasteiger partial charge in [-0.05, 0) is 79.6 Å². The first-order valence-electron chi connectivity index (χ1n) is 9.78. The van der Waals surface area contributed by atoms with E-state index in [0.717, 1.165) is 29.1 Å². The number of benzene rings is 2. The number of amidine groups is 1. The van der Waals surface area contributed by atoms with Crippen LogP contribution in [0.3, 0.4) is 0 Å². The van der Waals surface area contributed by atoms with E-state index < -0.39 is 0 Å². The van der Waals surface area contributed by atoms with E-state index in [-0.39, 0.29) is 11.7 Å². The molecule has 1 amide bonds. The van der Waals surface area contributed by atoms with Crippen LogP contribution in [-0.4, -0.2) is 15.6 Å². The smallest absolute Gasteiger partial charge is 0.264 e. The average molecular weight is 420 g/mol. The predicted molar refractivity (Wildman–Crippen MR) is 122 cm³/mol. The molecule has 1 aliphatic heterocycles. The number of carbonyl (C=O) groups is 1. The molecule has 0 spiro atoms. The van der Waals surface area contributed by atoms with Crippen molar-refractivity contribution >= 4 is 34.6 Å². The molecule has 2 heterocycles. The summed E-state index contributed by atoms with van der Waals surface area (Å²) in [6.07, 6.45) is 2.81. The quantitative estimate of drug-likeness (QED) is 0.553. The maximum Gasteiger partial charge on any atom is 0.264 e. The molecule has 0 saturated carbocycles. The van der Waals surface area contributed by atoms with E-state index in [1.54, 1.807) is 12.1 Å². The third kappa shape index (κ3) is 3.96. The molecule has 2 aromatic carbocycles. The maximum atomic E-state index is 14.3. The summed E-state index contributed by atoms with van der Waals surface area (Å²) in [5.74, 6) is -0.463. The molecule has 0 atom stereocenters. The molecule has 0 aliphatic carbocycles. The number of rotatable bonds is 4. The van der Waals surface area contributed by atoms with E-state index in [1.807, 2.05) is 60.9 Å². The Balaban J connectivity index is 1.62. The molecule has 0 radical (unpaired) electrons. The number of halogens is 1. The lowest BCUT2D eigenvalue weighted by Gasteiger charge is -2.10. The van der Waals surface area contributed by atoms with Crippen molar-refractivity contribution in [3.63, 3.8) is 0 Å². The van der Waals surface area contributed by atoms with Gasteiger partial charge in [0, 0.05) is 11.4 Å². The molecule has 4 rings (SSSR count). The van der Waals surface area contributed by atoms with Crippen LogP contribution in [0.15, 0.2) is 64.5 Å². The first kappa shape index (κ1) is 20.2. The first-order chi connectivity index (χ1) is 14.5. The van der Waals surface area contributed by atoms with Crippen molar-refractivity contribution in [2.75, 3.05) is 0 Å². The molecular weight excluding hydrogens is 397 g/mol. The number of hydrogen-bond donors (Lipinski definition) is 1. The third-order valence-electron chi connectivity index (χ3n) is 5.08. The van der Waals surface area contributed by atoms with Crippen LogP contribution >= 0.6 is 11.8 Å². The topological polar surface area (TPSA) is 46.4 Å². The minimum Gasteiger partial charge on any atom is -0.315 e. The SMILES string of the molecule is CCc1ccc(N=C2NC(=O)/C(=C/c3cc(C)n(-c4ccccc4F)c3C)S2)cc1. The molecule has 1 aromatic heterocycles. The van der Waals surface area contributed by atoms with Gasteiger partial charge in [-0.15, -0.1) is 0 Å². The monoisotopic (exact) mass is 419 g/mol. The van der Waals surface area contributed by atoms with Crippen molar-refractivity contribution in [3.05, 3.63) is 87.8 Å².